The summed E-state index contributed by atoms with van der Waals surface area (Å²) in [7, 11) is 13.5. The lowest BCUT2D eigenvalue weighted by Crippen LogP contribution is -2.61. The Kier molecular flexibility index (Phi) is 31.3. The minimum atomic E-state index is -1.93. The molecule has 1 aliphatic rings. The van der Waals surface area contributed by atoms with Crippen molar-refractivity contribution in [3.8, 4) is 0 Å². The van der Waals surface area contributed by atoms with Crippen molar-refractivity contribution in [3.63, 3.8) is 0 Å². The number of rotatable bonds is 20. The minimum Gasteiger partial charge on any atom is -0.379 e. The number of amides is 3. The van der Waals surface area contributed by atoms with Gasteiger partial charge in [0, 0.05) is 66.1 Å². The van der Waals surface area contributed by atoms with E-state index in [-0.39, 0.29) is 43.6 Å². The fraction of sp³-hybridized carbons (Fsp3) is 0.909. The van der Waals surface area contributed by atoms with Crippen molar-refractivity contribution in [1.82, 2.24) is 15.1 Å². The zero-order valence-corrected chi connectivity index (χ0v) is 33.5. The summed E-state index contributed by atoms with van der Waals surface area (Å²) in [6.07, 6.45) is 2.51. The SMILES string of the molecule is CC.CC.CC.COC(COCCCNC(=O)C1CN(C(=O)CCC[N+](C)(C)C)CCN1C(=O)CCC[N+](C)(C)C)COP(O)OC. The average molecular weight is 700 g/mol. The average Bonchev–Trinajstić information content (AvgIpc) is 3.04. The number of piperazine rings is 1. The number of ether oxygens (including phenoxy) is 2. The topological polar surface area (TPSA) is 127 Å². The van der Waals surface area contributed by atoms with E-state index in [0.29, 0.717) is 45.5 Å². The molecule has 0 aliphatic carbocycles. The summed E-state index contributed by atoms with van der Waals surface area (Å²) in [6, 6.07) is -0.715. The van der Waals surface area contributed by atoms with Crippen LogP contribution in [0.15, 0.2) is 0 Å². The number of nitrogens with zero attached hydrogens (tertiary/aromatic N) is 4. The second-order valence-corrected chi connectivity index (χ2v) is 13.6. The Morgan fingerprint density at radius 2 is 1.36 bits per heavy atom. The molecule has 1 fully saturated rings. The van der Waals surface area contributed by atoms with Gasteiger partial charge in [-0.15, -0.1) is 0 Å². The second-order valence-electron chi connectivity index (χ2n) is 12.5. The normalized spacial score (nSPS) is 15.9. The molecule has 1 rings (SSSR count). The Morgan fingerprint density at radius 1 is 0.830 bits per heavy atom. The summed E-state index contributed by atoms with van der Waals surface area (Å²) < 4.78 is 22.3. The van der Waals surface area contributed by atoms with Gasteiger partial charge in [-0.05, 0) is 6.42 Å². The highest BCUT2D eigenvalue weighted by Gasteiger charge is 2.36. The zero-order chi connectivity index (χ0) is 37.1. The molecule has 1 saturated heterocycles. The van der Waals surface area contributed by atoms with Crippen LogP contribution in [0.1, 0.15) is 73.6 Å². The Morgan fingerprint density at radius 3 is 1.85 bits per heavy atom. The van der Waals surface area contributed by atoms with Crippen LogP contribution in [0.3, 0.4) is 0 Å². The van der Waals surface area contributed by atoms with E-state index in [9.17, 15) is 19.3 Å². The molecule has 14 heteroatoms. The van der Waals surface area contributed by atoms with Crippen molar-refractivity contribution in [3.05, 3.63) is 0 Å². The standard InChI is InChI=1S/C27H55N5O8P.3C2H6/c1-31(2,3)17-9-12-25(33)29-15-16-30(26(34)13-10-18-32(4,5)6)24(20-29)27(35)28-14-11-19-39-21-23(37-7)22-40-41(36)38-8;3*1-2/h23-24,36H,9-22H2,1-8H3;3*1-2H3/q+1;;;/p+1. The number of quaternary nitrogens is 2. The third-order valence-electron chi connectivity index (χ3n) is 6.72. The van der Waals surface area contributed by atoms with Gasteiger partial charge >= 0.3 is 8.60 Å². The molecule has 13 nitrogen and oxygen atoms in total. The van der Waals surface area contributed by atoms with E-state index in [2.05, 4.69) is 47.6 Å². The number of hydrogen-bond acceptors (Lipinski definition) is 8. The molecule has 0 aromatic carbocycles. The predicted molar refractivity (Wildman–Crippen MR) is 192 cm³/mol. The zero-order valence-electron chi connectivity index (χ0n) is 32.6. The van der Waals surface area contributed by atoms with E-state index < -0.39 is 14.6 Å². The van der Waals surface area contributed by atoms with Gasteiger partial charge in [0.15, 0.2) is 0 Å². The van der Waals surface area contributed by atoms with Crippen molar-refractivity contribution in [2.75, 3.05) is 116 Å². The van der Waals surface area contributed by atoms with E-state index in [1.165, 1.54) is 14.2 Å². The maximum absolute atomic E-state index is 13.3. The van der Waals surface area contributed by atoms with Crippen molar-refractivity contribution in [2.24, 2.45) is 0 Å². The largest absolute Gasteiger partial charge is 0.379 e. The Balaban J connectivity index is -0.00000304. The molecule has 0 spiro atoms. The summed E-state index contributed by atoms with van der Waals surface area (Å²) in [5.41, 5.74) is 0. The lowest BCUT2D eigenvalue weighted by molar-refractivity contribution is -0.870. The minimum absolute atomic E-state index is 0.0257. The molecule has 0 aromatic heterocycles. The van der Waals surface area contributed by atoms with Crippen molar-refractivity contribution >= 4 is 26.3 Å². The van der Waals surface area contributed by atoms with E-state index in [1.807, 2.05) is 41.5 Å². The molecule has 1 heterocycles. The molecule has 0 saturated carbocycles. The van der Waals surface area contributed by atoms with Crippen LogP contribution in [0, 0.1) is 0 Å². The molecule has 47 heavy (non-hydrogen) atoms. The Bertz CT molecular complexity index is 796. The fourth-order valence-electron chi connectivity index (χ4n) is 4.35. The lowest BCUT2D eigenvalue weighted by Gasteiger charge is -2.41. The van der Waals surface area contributed by atoms with Gasteiger partial charge in [-0.1, -0.05) is 41.5 Å². The van der Waals surface area contributed by atoms with Crippen LogP contribution in [0.5, 0.6) is 0 Å². The molecule has 1 aliphatic heterocycles. The molecule has 0 bridgehead atoms. The lowest BCUT2D eigenvalue weighted by atomic mass is 10.1. The van der Waals surface area contributed by atoms with Crippen LogP contribution in [-0.4, -0.2) is 169 Å². The summed E-state index contributed by atoms with van der Waals surface area (Å²) in [4.78, 5) is 52.1. The maximum Gasteiger partial charge on any atom is 0.329 e. The van der Waals surface area contributed by atoms with Gasteiger partial charge < -0.3 is 47.5 Å². The fourth-order valence-corrected chi connectivity index (χ4v) is 4.74. The van der Waals surface area contributed by atoms with E-state index in [1.54, 1.807) is 9.80 Å². The first-order valence-corrected chi connectivity index (χ1v) is 18.5. The highest BCUT2D eigenvalue weighted by molar-refractivity contribution is 7.40. The first kappa shape index (κ1) is 49.9. The van der Waals surface area contributed by atoms with Gasteiger partial charge in [0.25, 0.3) is 0 Å². The number of carbonyl (C=O) groups is 3. The van der Waals surface area contributed by atoms with Crippen molar-refractivity contribution in [1.29, 1.82) is 0 Å². The van der Waals surface area contributed by atoms with Crippen LogP contribution in [0.4, 0.5) is 0 Å². The van der Waals surface area contributed by atoms with Crippen molar-refractivity contribution < 1.29 is 46.8 Å². The summed E-state index contributed by atoms with van der Waals surface area (Å²) in [6.45, 7) is 15.9. The summed E-state index contributed by atoms with van der Waals surface area (Å²) >= 11 is 0. The predicted octanol–water partition coefficient (Wildman–Crippen LogP) is 3.50. The van der Waals surface area contributed by atoms with Gasteiger partial charge in [0.05, 0.1) is 75.1 Å². The van der Waals surface area contributed by atoms with E-state index >= 15 is 0 Å². The molecule has 2 N–H and O–H groups in total. The third-order valence-corrected chi connectivity index (χ3v) is 7.41. The molecule has 3 unspecified atom stereocenters. The monoisotopic (exact) mass is 700 g/mol. The highest BCUT2D eigenvalue weighted by atomic mass is 31.2. The Hall–Kier alpha value is -1.44. The van der Waals surface area contributed by atoms with Crippen molar-refractivity contribution in [2.45, 2.75) is 85.8 Å². The van der Waals surface area contributed by atoms with E-state index in [0.717, 1.165) is 34.9 Å². The van der Waals surface area contributed by atoms with Gasteiger partial charge in [0.1, 0.15) is 12.1 Å². The number of hydrogen-bond donors (Lipinski definition) is 2. The molecule has 0 aromatic rings. The number of nitrogens with one attached hydrogen (secondary N) is 1. The van der Waals surface area contributed by atoms with Crippen LogP contribution in [-0.2, 0) is 32.9 Å². The molecular formula is C33H74N5O8P+2. The summed E-state index contributed by atoms with van der Waals surface area (Å²) in [5, 5.41) is 2.93. The smallest absolute Gasteiger partial charge is 0.329 e. The number of methoxy groups -OCH3 is 1. The molecule has 3 atom stereocenters. The third kappa shape index (κ3) is 26.1. The van der Waals surface area contributed by atoms with Gasteiger partial charge in [0.2, 0.25) is 17.7 Å². The first-order chi connectivity index (χ1) is 22.2. The van der Waals surface area contributed by atoms with Crippen LogP contribution in [0.25, 0.3) is 0 Å². The van der Waals surface area contributed by atoms with Gasteiger partial charge in [-0.3, -0.25) is 14.4 Å². The molecule has 3 amide bonds. The first-order valence-electron chi connectivity index (χ1n) is 17.4. The molecule has 282 valence electrons. The number of carbonyl (C=O) groups excluding carboxylic acids is 3. The molecular weight excluding hydrogens is 625 g/mol. The van der Waals surface area contributed by atoms with Gasteiger partial charge in [-0.25, -0.2) is 0 Å². The Labute approximate surface area is 289 Å². The van der Waals surface area contributed by atoms with Crippen LogP contribution < -0.4 is 5.32 Å². The molecule has 0 radical (unpaired) electrons. The van der Waals surface area contributed by atoms with Gasteiger partial charge in [-0.2, -0.15) is 0 Å². The van der Waals surface area contributed by atoms with Crippen LogP contribution in [0.2, 0.25) is 0 Å². The highest BCUT2D eigenvalue weighted by Crippen LogP contribution is 2.31. The summed E-state index contributed by atoms with van der Waals surface area (Å²) in [5.74, 6) is -0.280. The quantitative estimate of drug-likeness (QED) is 0.112. The maximum atomic E-state index is 13.3. The van der Waals surface area contributed by atoms with E-state index in [4.69, 9.17) is 18.5 Å². The second kappa shape index (κ2) is 29.5. The van der Waals surface area contributed by atoms with Crippen LogP contribution >= 0.6 is 8.60 Å².